The molecule has 4 nitrogen and oxygen atoms in total. The van der Waals surface area contributed by atoms with Crippen molar-refractivity contribution in [2.45, 2.75) is 13.3 Å². The smallest absolute Gasteiger partial charge is 1.00 e. The van der Waals surface area contributed by atoms with Crippen molar-refractivity contribution in [2.24, 2.45) is 0 Å². The number of benzene rings is 2. The number of nitrogens with zero attached hydrogens (tertiary/aromatic N) is 1. The minimum Gasteiger partial charge on any atom is -1.00 e. The third-order valence-electron chi connectivity index (χ3n) is 3.59. The van der Waals surface area contributed by atoms with Crippen LogP contribution in [0.4, 0.5) is 17.1 Å². The summed E-state index contributed by atoms with van der Waals surface area (Å²) in [6.45, 7) is 1.39. The van der Waals surface area contributed by atoms with Crippen LogP contribution in [0.3, 0.4) is 0 Å². The number of carbonyl (C=O) groups excluding carboxylic acids is 1. The second kappa shape index (κ2) is 6.10. The number of hydrogen-bond acceptors (Lipinski definition) is 4. The molecule has 2 aromatic rings. The zero-order valence-corrected chi connectivity index (χ0v) is 14.5. The number of fused-ring (bicyclic) bond motifs is 2. The van der Waals surface area contributed by atoms with E-state index in [4.69, 9.17) is 10.5 Å². The molecule has 0 spiro atoms. The van der Waals surface area contributed by atoms with Crippen molar-refractivity contribution in [3.8, 4) is 5.75 Å². The molecule has 3 rings (SSSR count). The molecule has 0 aliphatic carbocycles. The van der Waals surface area contributed by atoms with Crippen LogP contribution in [0, 0.1) is 0 Å². The molecule has 0 aromatic heterocycles. The average Bonchev–Trinajstić information content (AvgIpc) is 2.42. The van der Waals surface area contributed by atoms with Gasteiger partial charge in [-0.3, -0.25) is 4.79 Å². The Morgan fingerprint density at radius 1 is 1.24 bits per heavy atom. The van der Waals surface area contributed by atoms with Crippen LogP contribution in [0.25, 0.3) is 0 Å². The molecule has 104 valence electrons. The van der Waals surface area contributed by atoms with Crippen molar-refractivity contribution in [1.82, 2.24) is 0 Å². The van der Waals surface area contributed by atoms with Crippen molar-refractivity contribution >= 4 is 23.0 Å². The number of anilines is 3. The van der Waals surface area contributed by atoms with Crippen molar-refractivity contribution in [3.63, 3.8) is 0 Å². The van der Waals surface area contributed by atoms with E-state index in [1.807, 2.05) is 25.2 Å². The molecule has 0 bridgehead atoms. The van der Waals surface area contributed by atoms with Crippen LogP contribution in [0.5, 0.6) is 5.75 Å². The predicted molar refractivity (Wildman–Crippen MR) is 80.6 cm³/mol. The van der Waals surface area contributed by atoms with Gasteiger partial charge in [0.2, 0.25) is 0 Å². The number of carbonyl (C=O) groups is 1. The molecule has 0 unspecified atom stereocenters. The van der Waals surface area contributed by atoms with Crippen LogP contribution in [0.1, 0.15) is 19.5 Å². The molecule has 0 radical (unpaired) electrons. The fourth-order valence-corrected chi connectivity index (χ4v) is 2.69. The normalized spacial score (nSPS) is 12.0. The topological polar surface area (TPSA) is 55.6 Å². The molecule has 1 aliphatic heterocycles. The van der Waals surface area contributed by atoms with Crippen LogP contribution in [0.15, 0.2) is 36.4 Å². The Labute approximate surface area is 147 Å². The SMILES string of the molecule is CC(=O)Oc1c(N)ccc2c1Cc1ccccc1N2C.[H-].[Na+]. The second-order valence-corrected chi connectivity index (χ2v) is 4.94. The van der Waals surface area contributed by atoms with Crippen LogP contribution in [0.2, 0.25) is 0 Å². The maximum absolute atomic E-state index is 11.3. The van der Waals surface area contributed by atoms with Gasteiger partial charge in [-0.25, -0.2) is 0 Å². The Hall–Kier alpha value is -1.49. The first-order valence-corrected chi connectivity index (χ1v) is 6.49. The number of hydrogen-bond donors (Lipinski definition) is 1. The summed E-state index contributed by atoms with van der Waals surface area (Å²) in [5.74, 6) is 0.128. The summed E-state index contributed by atoms with van der Waals surface area (Å²) in [6.07, 6.45) is 0.712. The van der Waals surface area contributed by atoms with Gasteiger partial charge in [0.1, 0.15) is 0 Å². The van der Waals surface area contributed by atoms with Gasteiger partial charge in [-0.2, -0.15) is 0 Å². The maximum Gasteiger partial charge on any atom is 1.00 e. The maximum atomic E-state index is 11.3. The Morgan fingerprint density at radius 2 is 1.95 bits per heavy atom. The minimum absolute atomic E-state index is 0. The quantitative estimate of drug-likeness (QED) is 0.347. The van der Waals surface area contributed by atoms with E-state index in [0.29, 0.717) is 17.9 Å². The van der Waals surface area contributed by atoms with E-state index in [9.17, 15) is 4.79 Å². The van der Waals surface area contributed by atoms with Crippen LogP contribution < -0.4 is 44.9 Å². The molecule has 2 N–H and O–H groups in total. The summed E-state index contributed by atoms with van der Waals surface area (Å²) < 4.78 is 5.32. The zero-order valence-electron chi connectivity index (χ0n) is 13.5. The van der Waals surface area contributed by atoms with Crippen molar-refractivity contribution in [1.29, 1.82) is 0 Å². The number of esters is 1. The summed E-state index contributed by atoms with van der Waals surface area (Å²) in [5, 5.41) is 0. The van der Waals surface area contributed by atoms with Gasteiger partial charge in [-0.15, -0.1) is 0 Å². The number of para-hydroxylation sites is 1. The number of rotatable bonds is 1. The molecule has 5 heteroatoms. The van der Waals surface area contributed by atoms with Crippen LogP contribution in [-0.4, -0.2) is 13.0 Å². The first kappa shape index (κ1) is 15.9. The van der Waals surface area contributed by atoms with Gasteiger partial charge < -0.3 is 16.8 Å². The van der Waals surface area contributed by atoms with E-state index in [1.165, 1.54) is 18.2 Å². The van der Waals surface area contributed by atoms with Gasteiger partial charge in [0.05, 0.1) is 5.69 Å². The average molecular weight is 292 g/mol. The van der Waals surface area contributed by atoms with Gasteiger partial charge >= 0.3 is 35.5 Å². The molecular formula is C16H17N2NaO2. The summed E-state index contributed by atoms with van der Waals surface area (Å²) in [6, 6.07) is 11.9. The van der Waals surface area contributed by atoms with Gasteiger partial charge in [0.15, 0.2) is 5.75 Å². The van der Waals surface area contributed by atoms with E-state index in [-0.39, 0.29) is 37.0 Å². The Bertz CT molecular complexity index is 707. The van der Waals surface area contributed by atoms with E-state index < -0.39 is 0 Å². The van der Waals surface area contributed by atoms with Crippen LogP contribution in [-0.2, 0) is 11.2 Å². The molecule has 0 atom stereocenters. The molecular weight excluding hydrogens is 275 g/mol. The van der Waals surface area contributed by atoms with E-state index in [1.54, 1.807) is 6.07 Å². The molecule has 0 saturated heterocycles. The molecule has 1 heterocycles. The summed E-state index contributed by atoms with van der Waals surface area (Å²) in [4.78, 5) is 13.4. The second-order valence-electron chi connectivity index (χ2n) is 4.94. The zero-order chi connectivity index (χ0) is 14.3. The number of ether oxygens (including phenoxy) is 1. The summed E-state index contributed by atoms with van der Waals surface area (Å²) in [7, 11) is 2.00. The summed E-state index contributed by atoms with van der Waals surface area (Å²) >= 11 is 0. The summed E-state index contributed by atoms with van der Waals surface area (Å²) in [5.41, 5.74) is 10.8. The number of nitrogen functional groups attached to an aromatic ring is 1. The van der Waals surface area contributed by atoms with Crippen molar-refractivity contribution < 1.29 is 40.5 Å². The molecule has 1 aliphatic rings. The monoisotopic (exact) mass is 292 g/mol. The Kier molecular flexibility index (Phi) is 4.61. The largest absolute Gasteiger partial charge is 1.00 e. The molecule has 2 aromatic carbocycles. The Morgan fingerprint density at radius 3 is 2.67 bits per heavy atom. The molecule has 0 amide bonds. The third-order valence-corrected chi connectivity index (χ3v) is 3.59. The van der Waals surface area contributed by atoms with Gasteiger partial charge in [-0.1, -0.05) is 18.2 Å². The fourth-order valence-electron chi connectivity index (χ4n) is 2.69. The van der Waals surface area contributed by atoms with Crippen molar-refractivity contribution in [3.05, 3.63) is 47.5 Å². The van der Waals surface area contributed by atoms with Gasteiger partial charge in [-0.05, 0) is 23.8 Å². The van der Waals surface area contributed by atoms with E-state index in [0.717, 1.165) is 11.3 Å². The number of nitrogens with two attached hydrogens (primary N) is 1. The van der Waals surface area contributed by atoms with Gasteiger partial charge in [0.25, 0.3) is 0 Å². The predicted octanol–water partition coefficient (Wildman–Crippen LogP) is -0.0173. The first-order valence-electron chi connectivity index (χ1n) is 6.49. The van der Waals surface area contributed by atoms with E-state index >= 15 is 0 Å². The standard InChI is InChI=1S/C16H16N2O2.Na.H/c1-10(19)20-16-12-9-11-5-3-4-6-14(11)18(2)15(12)8-7-13(16)17;;/h3-8H,9,17H2,1-2H3;;/q;+1;-1. The minimum atomic E-state index is -0.355. The third kappa shape index (κ3) is 2.79. The molecule has 0 fully saturated rings. The van der Waals surface area contributed by atoms with Gasteiger partial charge in [0, 0.05) is 37.3 Å². The molecule has 0 saturated carbocycles. The fraction of sp³-hybridized carbons (Fsp3) is 0.188. The van der Waals surface area contributed by atoms with Crippen molar-refractivity contribution in [2.75, 3.05) is 17.7 Å². The first-order chi connectivity index (χ1) is 9.58. The Balaban J connectivity index is 0.00000121. The van der Waals surface area contributed by atoms with E-state index in [2.05, 4.69) is 17.0 Å². The van der Waals surface area contributed by atoms with Crippen LogP contribution >= 0.6 is 0 Å². The molecule has 21 heavy (non-hydrogen) atoms.